The highest BCUT2D eigenvalue weighted by Crippen LogP contribution is 1.96. The molecule has 0 aliphatic heterocycles. The van der Waals surface area contributed by atoms with Gasteiger partial charge in [-0.2, -0.15) is 0 Å². The summed E-state index contributed by atoms with van der Waals surface area (Å²) in [5, 5.41) is 2.48. The summed E-state index contributed by atoms with van der Waals surface area (Å²) in [5.41, 5.74) is 5.63. The summed E-state index contributed by atoms with van der Waals surface area (Å²) >= 11 is 0. The summed E-state index contributed by atoms with van der Waals surface area (Å²) in [6, 6.07) is -1.30. The van der Waals surface area contributed by atoms with Gasteiger partial charge in [-0.3, -0.25) is 4.79 Å². The largest absolute Gasteiger partial charge is 0.467 e. The van der Waals surface area contributed by atoms with Gasteiger partial charge in [0.05, 0.1) is 13.2 Å². The van der Waals surface area contributed by atoms with Crippen molar-refractivity contribution in [2.45, 2.75) is 31.8 Å². The van der Waals surface area contributed by atoms with Crippen LogP contribution in [0.2, 0.25) is 0 Å². The monoisotopic (exact) mass is 232 g/mol. The lowest BCUT2D eigenvalue weighted by Crippen LogP contribution is -2.47. The molecular weight excluding hydrogens is 212 g/mol. The van der Waals surface area contributed by atoms with Crippen LogP contribution in [0, 0.1) is 0 Å². The minimum absolute atomic E-state index is 0.353. The van der Waals surface area contributed by atoms with Crippen LogP contribution >= 0.6 is 0 Å². The van der Waals surface area contributed by atoms with Crippen molar-refractivity contribution in [3.8, 4) is 0 Å². The molecule has 0 spiro atoms. The molecule has 94 valence electrons. The van der Waals surface area contributed by atoms with Crippen molar-refractivity contribution in [3.05, 3.63) is 0 Å². The maximum absolute atomic E-state index is 11.5. The van der Waals surface area contributed by atoms with Gasteiger partial charge >= 0.3 is 5.97 Å². The number of esters is 1. The zero-order chi connectivity index (χ0) is 12.6. The van der Waals surface area contributed by atoms with Crippen LogP contribution in [-0.2, 0) is 19.1 Å². The fourth-order valence-corrected chi connectivity index (χ4v) is 1.13. The van der Waals surface area contributed by atoms with E-state index in [-0.39, 0.29) is 5.91 Å². The molecule has 2 unspecified atom stereocenters. The number of nitrogens with one attached hydrogen (secondary N) is 1. The first-order chi connectivity index (χ1) is 7.52. The lowest BCUT2D eigenvalue weighted by atomic mass is 10.1. The first-order valence-corrected chi connectivity index (χ1v) is 5.15. The number of methoxy groups -OCH3 is 2. The summed E-state index contributed by atoms with van der Waals surface area (Å²) < 4.78 is 9.32. The molecule has 3 N–H and O–H groups in total. The topological polar surface area (TPSA) is 90.6 Å². The van der Waals surface area contributed by atoms with Crippen molar-refractivity contribution in [1.82, 2.24) is 5.32 Å². The predicted octanol–water partition coefficient (Wildman–Crippen LogP) is -0.582. The molecule has 0 aliphatic carbocycles. The Morgan fingerprint density at radius 1 is 1.38 bits per heavy atom. The Morgan fingerprint density at radius 2 is 2.00 bits per heavy atom. The van der Waals surface area contributed by atoms with Gasteiger partial charge < -0.3 is 20.5 Å². The summed E-state index contributed by atoms with van der Waals surface area (Å²) in [6.45, 7) is 2.11. The van der Waals surface area contributed by atoms with E-state index in [2.05, 4.69) is 10.1 Å². The lowest BCUT2D eigenvalue weighted by molar-refractivity contribution is -0.144. The number of amides is 1. The van der Waals surface area contributed by atoms with E-state index >= 15 is 0 Å². The zero-order valence-corrected chi connectivity index (χ0v) is 9.99. The Kier molecular flexibility index (Phi) is 7.49. The van der Waals surface area contributed by atoms with Crippen molar-refractivity contribution >= 4 is 11.9 Å². The number of hydrogen-bond acceptors (Lipinski definition) is 5. The molecule has 0 aromatic carbocycles. The van der Waals surface area contributed by atoms with Gasteiger partial charge in [0.25, 0.3) is 0 Å². The molecule has 0 rings (SSSR count). The fourth-order valence-electron chi connectivity index (χ4n) is 1.13. The van der Waals surface area contributed by atoms with Gasteiger partial charge in [-0.05, 0) is 19.8 Å². The maximum Gasteiger partial charge on any atom is 0.328 e. The van der Waals surface area contributed by atoms with E-state index in [1.165, 1.54) is 7.11 Å². The van der Waals surface area contributed by atoms with Crippen molar-refractivity contribution in [3.63, 3.8) is 0 Å². The van der Waals surface area contributed by atoms with Gasteiger partial charge in [0.2, 0.25) is 5.91 Å². The highest BCUT2D eigenvalue weighted by atomic mass is 16.5. The van der Waals surface area contributed by atoms with Crippen molar-refractivity contribution in [2.75, 3.05) is 20.8 Å². The predicted molar refractivity (Wildman–Crippen MR) is 58.7 cm³/mol. The van der Waals surface area contributed by atoms with E-state index in [0.29, 0.717) is 19.4 Å². The van der Waals surface area contributed by atoms with E-state index in [4.69, 9.17) is 10.5 Å². The van der Waals surface area contributed by atoms with Gasteiger partial charge in [-0.25, -0.2) is 4.79 Å². The molecule has 16 heavy (non-hydrogen) atoms. The molecule has 0 saturated heterocycles. The van der Waals surface area contributed by atoms with E-state index in [1.54, 1.807) is 14.0 Å². The Labute approximate surface area is 95.5 Å². The van der Waals surface area contributed by atoms with Crippen LogP contribution in [0.15, 0.2) is 0 Å². The van der Waals surface area contributed by atoms with Gasteiger partial charge in [0, 0.05) is 13.7 Å². The minimum Gasteiger partial charge on any atom is -0.467 e. The highest BCUT2D eigenvalue weighted by Gasteiger charge is 2.19. The molecule has 0 radical (unpaired) electrons. The molecule has 2 atom stereocenters. The number of rotatable bonds is 7. The Bertz CT molecular complexity index is 233. The molecule has 0 aromatic rings. The maximum atomic E-state index is 11.5. The summed E-state index contributed by atoms with van der Waals surface area (Å²) in [7, 11) is 2.86. The van der Waals surface area contributed by atoms with E-state index in [1.807, 2.05) is 0 Å². The second-order valence-corrected chi connectivity index (χ2v) is 3.49. The summed E-state index contributed by atoms with van der Waals surface area (Å²) in [4.78, 5) is 22.5. The molecular formula is C10H20N2O4. The first kappa shape index (κ1) is 14.9. The van der Waals surface area contributed by atoms with Crippen LogP contribution < -0.4 is 11.1 Å². The molecule has 6 nitrogen and oxygen atoms in total. The van der Waals surface area contributed by atoms with Crippen molar-refractivity contribution < 1.29 is 19.1 Å². The van der Waals surface area contributed by atoms with Crippen LogP contribution in [0.4, 0.5) is 0 Å². The van der Waals surface area contributed by atoms with Crippen LogP contribution in [0.5, 0.6) is 0 Å². The van der Waals surface area contributed by atoms with E-state index in [9.17, 15) is 9.59 Å². The van der Waals surface area contributed by atoms with Gasteiger partial charge in [0.15, 0.2) is 0 Å². The Balaban J connectivity index is 3.90. The van der Waals surface area contributed by atoms with Crippen LogP contribution in [0.3, 0.4) is 0 Å². The van der Waals surface area contributed by atoms with Crippen molar-refractivity contribution in [1.29, 1.82) is 0 Å². The highest BCUT2D eigenvalue weighted by molar-refractivity contribution is 5.87. The SMILES string of the molecule is COCCCC(N)C(=O)NC(C)C(=O)OC. The van der Waals surface area contributed by atoms with Gasteiger partial charge in [-0.15, -0.1) is 0 Å². The Morgan fingerprint density at radius 3 is 2.50 bits per heavy atom. The molecule has 0 saturated carbocycles. The molecule has 0 aliphatic rings. The average molecular weight is 232 g/mol. The molecule has 0 bridgehead atoms. The number of carbonyl (C=O) groups is 2. The standard InChI is InChI=1S/C10H20N2O4/c1-7(10(14)16-3)12-9(13)8(11)5-4-6-15-2/h7-8H,4-6,11H2,1-3H3,(H,12,13). The number of ether oxygens (including phenoxy) is 2. The molecule has 0 fully saturated rings. The van der Waals surface area contributed by atoms with Gasteiger partial charge in [0.1, 0.15) is 6.04 Å². The number of carbonyl (C=O) groups excluding carboxylic acids is 2. The van der Waals surface area contributed by atoms with Crippen LogP contribution in [0.1, 0.15) is 19.8 Å². The molecule has 0 aromatic heterocycles. The molecule has 6 heteroatoms. The Hall–Kier alpha value is -1.14. The van der Waals surface area contributed by atoms with E-state index < -0.39 is 18.1 Å². The zero-order valence-electron chi connectivity index (χ0n) is 9.99. The van der Waals surface area contributed by atoms with Crippen LogP contribution in [-0.4, -0.2) is 44.8 Å². The third-order valence-corrected chi connectivity index (χ3v) is 2.11. The fraction of sp³-hybridized carbons (Fsp3) is 0.800. The number of nitrogens with two attached hydrogens (primary N) is 1. The average Bonchev–Trinajstić information content (AvgIpc) is 2.27. The number of hydrogen-bond donors (Lipinski definition) is 2. The molecule has 0 heterocycles. The summed E-state index contributed by atoms with van der Waals surface area (Å²) in [6.07, 6.45) is 1.23. The third-order valence-electron chi connectivity index (χ3n) is 2.11. The van der Waals surface area contributed by atoms with Crippen LogP contribution in [0.25, 0.3) is 0 Å². The van der Waals surface area contributed by atoms with Crippen molar-refractivity contribution in [2.24, 2.45) is 5.73 Å². The minimum atomic E-state index is -0.675. The third kappa shape index (κ3) is 5.67. The quantitative estimate of drug-likeness (QED) is 0.452. The second-order valence-electron chi connectivity index (χ2n) is 3.49. The summed E-state index contributed by atoms with van der Waals surface area (Å²) in [5.74, 6) is -0.841. The normalized spacial score (nSPS) is 14.0. The second kappa shape index (κ2) is 8.06. The lowest BCUT2D eigenvalue weighted by Gasteiger charge is -2.15. The van der Waals surface area contributed by atoms with Gasteiger partial charge in [-0.1, -0.05) is 0 Å². The van der Waals surface area contributed by atoms with E-state index in [0.717, 1.165) is 0 Å². The first-order valence-electron chi connectivity index (χ1n) is 5.15. The smallest absolute Gasteiger partial charge is 0.328 e. The molecule has 1 amide bonds.